The van der Waals surface area contributed by atoms with Crippen molar-refractivity contribution in [3.05, 3.63) is 0 Å². The van der Waals surface area contributed by atoms with Crippen LogP contribution in [0, 0.1) is 35.5 Å². The Morgan fingerprint density at radius 2 is 1.34 bits per heavy atom. The normalized spacial score (nSPS) is 23.8. The van der Waals surface area contributed by atoms with Crippen LogP contribution in [0.15, 0.2) is 0 Å². The molecular formula is C29H58. The summed E-state index contributed by atoms with van der Waals surface area (Å²) in [6, 6.07) is 0. The van der Waals surface area contributed by atoms with Gasteiger partial charge in [-0.1, -0.05) is 125 Å². The lowest BCUT2D eigenvalue weighted by atomic mass is 9.82. The predicted molar refractivity (Wildman–Crippen MR) is 133 cm³/mol. The third kappa shape index (κ3) is 11.3. The van der Waals surface area contributed by atoms with Crippen molar-refractivity contribution in [2.45, 2.75) is 151 Å². The Labute approximate surface area is 186 Å². The Kier molecular flexibility index (Phi) is 15.5. The zero-order chi connectivity index (χ0) is 21.5. The Bertz CT molecular complexity index is 359. The lowest BCUT2D eigenvalue weighted by Gasteiger charge is -2.24. The van der Waals surface area contributed by atoms with Crippen molar-refractivity contribution < 1.29 is 0 Å². The summed E-state index contributed by atoms with van der Waals surface area (Å²) in [6.45, 7) is 14.5. The van der Waals surface area contributed by atoms with Crippen LogP contribution in [0.5, 0.6) is 0 Å². The van der Waals surface area contributed by atoms with Crippen LogP contribution in [-0.4, -0.2) is 0 Å². The second-order valence-electron chi connectivity index (χ2n) is 10.9. The zero-order valence-corrected chi connectivity index (χ0v) is 21.5. The first-order valence-corrected chi connectivity index (χ1v) is 14.1. The van der Waals surface area contributed by atoms with Crippen LogP contribution >= 0.6 is 0 Å². The van der Waals surface area contributed by atoms with Gasteiger partial charge in [0.2, 0.25) is 0 Å². The van der Waals surface area contributed by atoms with E-state index in [-0.39, 0.29) is 0 Å². The molecule has 174 valence electrons. The second kappa shape index (κ2) is 16.7. The molecule has 0 aromatic heterocycles. The first kappa shape index (κ1) is 27.0. The molecular weight excluding hydrogens is 348 g/mol. The van der Waals surface area contributed by atoms with Crippen molar-refractivity contribution in [1.82, 2.24) is 0 Å². The van der Waals surface area contributed by atoms with Crippen molar-refractivity contribution >= 4 is 0 Å². The topological polar surface area (TPSA) is 0 Å². The number of hydrogen-bond acceptors (Lipinski definition) is 0. The van der Waals surface area contributed by atoms with E-state index >= 15 is 0 Å². The molecule has 1 saturated carbocycles. The number of unbranched alkanes of at least 4 members (excludes halogenated alkanes) is 2. The van der Waals surface area contributed by atoms with Crippen LogP contribution in [0.4, 0.5) is 0 Å². The largest absolute Gasteiger partial charge is 0.0654 e. The molecule has 6 unspecified atom stereocenters. The molecule has 1 aliphatic carbocycles. The van der Waals surface area contributed by atoms with Gasteiger partial charge in [0.1, 0.15) is 0 Å². The lowest BCUT2D eigenvalue weighted by Crippen LogP contribution is -2.13. The minimum absolute atomic E-state index is 0.948. The minimum Gasteiger partial charge on any atom is -0.0654 e. The molecule has 6 atom stereocenters. The first-order chi connectivity index (χ1) is 14.1. The summed E-state index contributed by atoms with van der Waals surface area (Å²) >= 11 is 0. The van der Waals surface area contributed by atoms with Crippen LogP contribution in [0.1, 0.15) is 151 Å². The van der Waals surface area contributed by atoms with Gasteiger partial charge in [0.25, 0.3) is 0 Å². The maximum Gasteiger partial charge on any atom is -0.0383 e. The highest BCUT2D eigenvalue weighted by Gasteiger charge is 2.30. The molecule has 29 heavy (non-hydrogen) atoms. The van der Waals surface area contributed by atoms with Crippen LogP contribution in [0.2, 0.25) is 0 Å². The average molecular weight is 407 g/mol. The summed E-state index contributed by atoms with van der Waals surface area (Å²) in [4.78, 5) is 0. The molecule has 0 saturated heterocycles. The third-order valence-electron chi connectivity index (χ3n) is 8.48. The fourth-order valence-corrected chi connectivity index (χ4v) is 6.63. The third-order valence-corrected chi connectivity index (χ3v) is 8.48. The number of hydrogen-bond donors (Lipinski definition) is 0. The maximum absolute atomic E-state index is 2.57. The number of rotatable bonds is 18. The van der Waals surface area contributed by atoms with Crippen molar-refractivity contribution in [3.8, 4) is 0 Å². The van der Waals surface area contributed by atoms with Gasteiger partial charge < -0.3 is 0 Å². The molecule has 0 aromatic rings. The van der Waals surface area contributed by atoms with Gasteiger partial charge in [-0.05, 0) is 61.2 Å². The molecule has 0 bridgehead atoms. The molecule has 0 aliphatic heterocycles. The molecule has 0 heteroatoms. The monoisotopic (exact) mass is 406 g/mol. The van der Waals surface area contributed by atoms with E-state index in [1.54, 1.807) is 6.42 Å². The van der Waals surface area contributed by atoms with Gasteiger partial charge in [-0.25, -0.2) is 0 Å². The van der Waals surface area contributed by atoms with Crippen molar-refractivity contribution in [3.63, 3.8) is 0 Å². The summed E-state index contributed by atoms with van der Waals surface area (Å²) in [5, 5.41) is 0. The summed E-state index contributed by atoms with van der Waals surface area (Å²) in [6.07, 6.45) is 24.9. The van der Waals surface area contributed by atoms with Gasteiger partial charge in [-0.2, -0.15) is 0 Å². The van der Waals surface area contributed by atoms with Crippen LogP contribution in [0.25, 0.3) is 0 Å². The van der Waals surface area contributed by atoms with Crippen LogP contribution in [-0.2, 0) is 0 Å². The molecule has 0 nitrogen and oxygen atoms in total. The molecule has 0 aromatic carbocycles. The first-order valence-electron chi connectivity index (χ1n) is 14.1. The standard InChI is InChI=1S/C29H58/c1-7-15-25(9-3)17-13-12-14-18-26(10-4)21-24(6)22-27-19-20-29(23-27)28(11-5)16-8-2/h24-29H,7-23H2,1-6H3. The molecule has 0 heterocycles. The molecule has 1 aliphatic rings. The molecule has 0 amide bonds. The zero-order valence-electron chi connectivity index (χ0n) is 21.5. The van der Waals surface area contributed by atoms with Gasteiger partial charge in [-0.3, -0.25) is 0 Å². The van der Waals surface area contributed by atoms with Gasteiger partial charge in [-0.15, -0.1) is 0 Å². The van der Waals surface area contributed by atoms with E-state index in [1.165, 1.54) is 103 Å². The van der Waals surface area contributed by atoms with E-state index in [9.17, 15) is 0 Å². The van der Waals surface area contributed by atoms with Gasteiger partial charge in [0, 0.05) is 0 Å². The van der Waals surface area contributed by atoms with E-state index in [4.69, 9.17) is 0 Å². The van der Waals surface area contributed by atoms with Crippen molar-refractivity contribution in [2.75, 3.05) is 0 Å². The maximum atomic E-state index is 2.57. The van der Waals surface area contributed by atoms with E-state index < -0.39 is 0 Å². The minimum atomic E-state index is 0.948. The second-order valence-corrected chi connectivity index (χ2v) is 10.9. The highest BCUT2D eigenvalue weighted by Crippen LogP contribution is 2.42. The molecule has 1 rings (SSSR count). The van der Waals surface area contributed by atoms with Crippen molar-refractivity contribution in [2.24, 2.45) is 35.5 Å². The summed E-state index contributed by atoms with van der Waals surface area (Å²) in [7, 11) is 0. The quantitative estimate of drug-likeness (QED) is 0.198. The highest BCUT2D eigenvalue weighted by atomic mass is 14.4. The molecule has 0 N–H and O–H groups in total. The fraction of sp³-hybridized carbons (Fsp3) is 1.00. The fourth-order valence-electron chi connectivity index (χ4n) is 6.63. The van der Waals surface area contributed by atoms with E-state index in [0.29, 0.717) is 0 Å². The van der Waals surface area contributed by atoms with Crippen LogP contribution < -0.4 is 0 Å². The molecule has 1 fully saturated rings. The Morgan fingerprint density at radius 1 is 0.690 bits per heavy atom. The smallest absolute Gasteiger partial charge is 0.0383 e. The van der Waals surface area contributed by atoms with E-state index in [0.717, 1.165) is 35.5 Å². The Morgan fingerprint density at radius 3 is 1.93 bits per heavy atom. The van der Waals surface area contributed by atoms with Gasteiger partial charge in [0.05, 0.1) is 0 Å². The van der Waals surface area contributed by atoms with E-state index in [2.05, 4.69) is 41.5 Å². The SMILES string of the molecule is CCCC(CC)CCCCCC(CC)CC(C)CC1CCC(C(CC)CCC)C1. The Balaban J connectivity index is 2.22. The summed E-state index contributed by atoms with van der Waals surface area (Å²) in [5.41, 5.74) is 0. The Hall–Kier alpha value is 0. The summed E-state index contributed by atoms with van der Waals surface area (Å²) in [5.74, 6) is 6.06. The van der Waals surface area contributed by atoms with Gasteiger partial charge in [0.15, 0.2) is 0 Å². The lowest BCUT2D eigenvalue weighted by molar-refractivity contribution is 0.272. The van der Waals surface area contributed by atoms with Crippen LogP contribution in [0.3, 0.4) is 0 Å². The molecule has 0 radical (unpaired) electrons. The average Bonchev–Trinajstić information content (AvgIpc) is 3.17. The predicted octanol–water partition coefficient (Wildman–Crippen LogP) is 10.4. The van der Waals surface area contributed by atoms with E-state index in [1.807, 2.05) is 0 Å². The van der Waals surface area contributed by atoms with Crippen molar-refractivity contribution in [1.29, 1.82) is 0 Å². The van der Waals surface area contributed by atoms with Gasteiger partial charge >= 0.3 is 0 Å². The highest BCUT2D eigenvalue weighted by molar-refractivity contribution is 4.81. The molecule has 0 spiro atoms. The summed E-state index contributed by atoms with van der Waals surface area (Å²) < 4.78 is 0.